The average Bonchev–Trinajstić information content (AvgIpc) is 2.48. The van der Waals surface area contributed by atoms with Crippen LogP contribution in [0.25, 0.3) is 0 Å². The third kappa shape index (κ3) is 1.34. The minimum atomic E-state index is -0.823. The molecule has 1 aliphatic heterocycles. The van der Waals surface area contributed by atoms with E-state index in [0.29, 0.717) is 12.8 Å². The molecule has 4 heteroatoms. The summed E-state index contributed by atoms with van der Waals surface area (Å²) in [4.78, 5) is 0. The number of hydrogen-bond acceptors (Lipinski definition) is 4. The van der Waals surface area contributed by atoms with E-state index in [2.05, 4.69) is 6.92 Å². The number of rotatable bonds is 0. The first-order chi connectivity index (χ1) is 8.68. The Morgan fingerprint density at radius 1 is 1.00 bits per heavy atom. The van der Waals surface area contributed by atoms with Crippen LogP contribution in [0.2, 0.25) is 0 Å². The Hall–Kier alpha value is -0.160. The smallest absolute Gasteiger partial charge is 0.108 e. The van der Waals surface area contributed by atoms with Gasteiger partial charge in [-0.15, -0.1) is 0 Å². The Morgan fingerprint density at radius 3 is 2.26 bits per heavy atom. The van der Waals surface area contributed by atoms with Crippen molar-refractivity contribution in [1.82, 2.24) is 0 Å². The van der Waals surface area contributed by atoms with Gasteiger partial charge in [-0.25, -0.2) is 0 Å². The molecule has 0 aromatic heterocycles. The molecule has 1 saturated heterocycles. The Balaban J connectivity index is 2.19. The van der Waals surface area contributed by atoms with Crippen molar-refractivity contribution in [3.63, 3.8) is 0 Å². The highest BCUT2D eigenvalue weighted by Gasteiger charge is 2.75. The van der Waals surface area contributed by atoms with E-state index in [9.17, 15) is 15.3 Å². The normalized spacial score (nSPS) is 59.8. The second-order valence-corrected chi connectivity index (χ2v) is 7.58. The second-order valence-electron chi connectivity index (χ2n) is 7.58. The quantitative estimate of drug-likeness (QED) is 0.616. The summed E-state index contributed by atoms with van der Waals surface area (Å²) in [5, 5.41) is 32.0. The van der Waals surface area contributed by atoms with Crippen molar-refractivity contribution in [2.45, 2.75) is 76.5 Å². The van der Waals surface area contributed by atoms with Gasteiger partial charge in [0, 0.05) is 5.92 Å². The Labute approximate surface area is 114 Å². The van der Waals surface area contributed by atoms with Gasteiger partial charge in [0.1, 0.15) is 5.60 Å². The fourth-order valence-electron chi connectivity index (χ4n) is 5.17. The summed E-state index contributed by atoms with van der Waals surface area (Å²) in [6.07, 6.45) is 0.126. The van der Waals surface area contributed by atoms with E-state index in [0.717, 1.165) is 6.42 Å². The molecule has 3 aliphatic rings. The highest BCUT2D eigenvalue weighted by atomic mass is 16.6. The lowest BCUT2D eigenvalue weighted by Crippen LogP contribution is -2.71. The van der Waals surface area contributed by atoms with E-state index >= 15 is 0 Å². The van der Waals surface area contributed by atoms with Crippen molar-refractivity contribution < 1.29 is 20.1 Å². The minimum absolute atomic E-state index is 0.0664. The fraction of sp³-hybridized carbons (Fsp3) is 1.00. The van der Waals surface area contributed by atoms with Crippen molar-refractivity contribution >= 4 is 0 Å². The van der Waals surface area contributed by atoms with Crippen LogP contribution in [0.1, 0.15) is 47.0 Å². The largest absolute Gasteiger partial charge is 0.392 e. The monoisotopic (exact) mass is 270 g/mol. The minimum Gasteiger partial charge on any atom is -0.392 e. The van der Waals surface area contributed by atoms with Crippen LogP contribution in [0.5, 0.6) is 0 Å². The van der Waals surface area contributed by atoms with Gasteiger partial charge in [-0.05, 0) is 39.0 Å². The Bertz CT molecular complexity index is 396. The van der Waals surface area contributed by atoms with Crippen LogP contribution < -0.4 is 0 Å². The number of aliphatic hydroxyl groups is 3. The van der Waals surface area contributed by atoms with Gasteiger partial charge in [0.15, 0.2) is 0 Å². The highest BCUT2D eigenvalue weighted by molar-refractivity contribution is 5.23. The zero-order valence-electron chi connectivity index (χ0n) is 12.3. The maximum absolute atomic E-state index is 10.9. The van der Waals surface area contributed by atoms with E-state index in [1.165, 1.54) is 0 Å². The van der Waals surface area contributed by atoms with Crippen molar-refractivity contribution in [1.29, 1.82) is 0 Å². The molecule has 2 aliphatic carbocycles. The van der Waals surface area contributed by atoms with Gasteiger partial charge in [0.2, 0.25) is 0 Å². The topological polar surface area (TPSA) is 69.9 Å². The summed E-state index contributed by atoms with van der Waals surface area (Å²) < 4.78 is 6.36. The maximum Gasteiger partial charge on any atom is 0.108 e. The number of hydrogen-bond donors (Lipinski definition) is 3. The summed E-state index contributed by atoms with van der Waals surface area (Å²) in [6.45, 7) is 7.94. The molecule has 1 spiro atoms. The first kappa shape index (κ1) is 13.8. The zero-order valence-corrected chi connectivity index (χ0v) is 12.3. The first-order valence-electron chi connectivity index (χ1n) is 7.42. The lowest BCUT2D eigenvalue weighted by Gasteiger charge is -2.60. The molecule has 3 rings (SSSR count). The van der Waals surface area contributed by atoms with Crippen molar-refractivity contribution in [3.8, 4) is 0 Å². The molecule has 0 amide bonds. The molecule has 4 nitrogen and oxygen atoms in total. The van der Waals surface area contributed by atoms with Gasteiger partial charge < -0.3 is 20.1 Å². The number of ether oxygens (including phenoxy) is 1. The highest BCUT2D eigenvalue weighted by Crippen LogP contribution is 2.65. The average molecular weight is 270 g/mol. The van der Waals surface area contributed by atoms with E-state index in [-0.39, 0.29) is 11.8 Å². The molecule has 3 N–H and O–H groups in total. The van der Waals surface area contributed by atoms with Crippen molar-refractivity contribution in [3.05, 3.63) is 0 Å². The molecule has 2 saturated carbocycles. The van der Waals surface area contributed by atoms with E-state index in [1.54, 1.807) is 0 Å². The third-order valence-electron chi connectivity index (χ3n) is 6.45. The zero-order chi connectivity index (χ0) is 14.2. The fourth-order valence-corrected chi connectivity index (χ4v) is 5.17. The number of aliphatic hydroxyl groups excluding tert-OH is 3. The lowest BCUT2D eigenvalue weighted by molar-refractivity contribution is -0.281. The molecular formula is C15H26O4. The van der Waals surface area contributed by atoms with E-state index in [1.807, 2.05) is 20.8 Å². The molecular weight excluding hydrogens is 244 g/mol. The van der Waals surface area contributed by atoms with Gasteiger partial charge in [-0.1, -0.05) is 13.8 Å². The van der Waals surface area contributed by atoms with Crippen LogP contribution in [-0.4, -0.2) is 44.8 Å². The van der Waals surface area contributed by atoms with E-state index < -0.39 is 34.9 Å². The van der Waals surface area contributed by atoms with Gasteiger partial charge >= 0.3 is 0 Å². The molecule has 0 aromatic carbocycles. The van der Waals surface area contributed by atoms with Crippen molar-refractivity contribution in [2.24, 2.45) is 17.3 Å². The van der Waals surface area contributed by atoms with Gasteiger partial charge in [0.05, 0.1) is 29.3 Å². The number of fused-ring (bicyclic) bond motifs is 1. The van der Waals surface area contributed by atoms with E-state index in [4.69, 9.17) is 4.74 Å². The SMILES string of the molecule is C[C@H]1CC[C@H](O)[C@]2(C)[C@H](O)C[C@H]3[C@H](O)[C@@]12OC3(C)C. The Morgan fingerprint density at radius 2 is 1.63 bits per heavy atom. The second kappa shape index (κ2) is 3.73. The molecule has 0 unspecified atom stereocenters. The van der Waals surface area contributed by atoms with Gasteiger partial charge in [-0.3, -0.25) is 0 Å². The summed E-state index contributed by atoms with van der Waals surface area (Å²) in [5.74, 6) is 0.0680. The molecule has 0 radical (unpaired) electrons. The summed E-state index contributed by atoms with van der Waals surface area (Å²) in [5.41, 5.74) is -2.06. The van der Waals surface area contributed by atoms with Crippen LogP contribution in [-0.2, 0) is 4.74 Å². The summed E-state index contributed by atoms with van der Waals surface area (Å²) >= 11 is 0. The summed E-state index contributed by atoms with van der Waals surface area (Å²) in [6, 6.07) is 0. The third-order valence-corrected chi connectivity index (χ3v) is 6.45. The molecule has 110 valence electrons. The first-order valence-corrected chi connectivity index (χ1v) is 7.42. The van der Waals surface area contributed by atoms with Gasteiger partial charge in [-0.2, -0.15) is 0 Å². The molecule has 0 aromatic rings. The molecule has 1 heterocycles. The van der Waals surface area contributed by atoms with Crippen LogP contribution >= 0.6 is 0 Å². The molecule has 7 atom stereocenters. The molecule has 3 fully saturated rings. The van der Waals surface area contributed by atoms with Crippen LogP contribution in [0.15, 0.2) is 0 Å². The van der Waals surface area contributed by atoms with Crippen molar-refractivity contribution in [2.75, 3.05) is 0 Å². The summed E-state index contributed by atoms with van der Waals surface area (Å²) in [7, 11) is 0. The van der Waals surface area contributed by atoms with Crippen LogP contribution in [0, 0.1) is 17.3 Å². The lowest BCUT2D eigenvalue weighted by atomic mass is 9.49. The predicted octanol–water partition coefficient (Wildman–Crippen LogP) is 1.07. The van der Waals surface area contributed by atoms with Crippen LogP contribution in [0.4, 0.5) is 0 Å². The maximum atomic E-state index is 10.9. The Kier molecular flexibility index (Phi) is 2.71. The van der Waals surface area contributed by atoms with Crippen LogP contribution in [0.3, 0.4) is 0 Å². The standard InChI is InChI=1S/C15H26O4/c1-8-5-6-10(16)14(4)11(17)7-9-12(18)15(8,14)19-13(9,2)3/h8-12,16-18H,5-7H2,1-4H3/t8-,9-,10-,11+,12-,14+,15-/m0/s1. The van der Waals surface area contributed by atoms with Gasteiger partial charge in [0.25, 0.3) is 0 Å². The molecule has 19 heavy (non-hydrogen) atoms. The predicted molar refractivity (Wildman–Crippen MR) is 70.5 cm³/mol. The molecule has 2 bridgehead atoms.